The van der Waals surface area contributed by atoms with Crippen LogP contribution in [0, 0.1) is 39.4 Å². The first-order valence-electron chi connectivity index (χ1n) is 12.4. The molecule has 1 spiro atoms. The third-order valence-corrected chi connectivity index (χ3v) is 12.2. The number of rotatable bonds is 2. The van der Waals surface area contributed by atoms with Crippen LogP contribution in [0.3, 0.4) is 0 Å². The van der Waals surface area contributed by atoms with Crippen molar-refractivity contribution in [3.8, 4) is 0 Å². The van der Waals surface area contributed by atoms with Crippen LogP contribution in [0.5, 0.6) is 0 Å². The molecule has 184 valence electrons. The fraction of sp³-hybridized carbons (Fsp3) is 0.643. The molecule has 0 radical (unpaired) electrons. The highest BCUT2D eigenvalue weighted by Crippen LogP contribution is 2.73. The first-order valence-corrected chi connectivity index (χ1v) is 14.0. The zero-order valence-corrected chi connectivity index (χ0v) is 22.8. The topological polar surface area (TPSA) is 43.4 Å². The van der Waals surface area contributed by atoms with Gasteiger partial charge >= 0.3 is 5.97 Å². The molecule has 3 aliphatic carbocycles. The normalized spacial score (nSPS) is 40.5. The lowest BCUT2D eigenvalue weighted by Gasteiger charge is -2.68. The van der Waals surface area contributed by atoms with E-state index in [0.29, 0.717) is 39.8 Å². The van der Waals surface area contributed by atoms with E-state index in [1.165, 1.54) is 0 Å². The molecule has 3 nitrogen and oxygen atoms in total. The van der Waals surface area contributed by atoms with Crippen molar-refractivity contribution in [2.24, 2.45) is 39.4 Å². The van der Waals surface area contributed by atoms with Gasteiger partial charge in [-0.05, 0) is 84.1 Å². The number of thioether (sulfide) groups is 1. The summed E-state index contributed by atoms with van der Waals surface area (Å²) >= 11 is 14.0. The molecule has 1 aromatic carbocycles. The standard InChI is InChI=1S/C28H34Cl2O3S/c1-25(2)12-6-13-26(3)20(25)11-14-27(4)21(26)10-9-17(28(27)15-22(31)33-16-28)24(32)34-23-18(29)7-5-8-19(23)30/h5-8,12,17,20-21H,9-11,13-16H2,1-4H3/t17-,20?,21?,26+,27-,28+/m1/s1. The maximum absolute atomic E-state index is 13.9. The van der Waals surface area contributed by atoms with Gasteiger partial charge in [-0.25, -0.2) is 0 Å². The van der Waals surface area contributed by atoms with Gasteiger partial charge in [-0.1, -0.05) is 69.1 Å². The summed E-state index contributed by atoms with van der Waals surface area (Å²) in [6, 6.07) is 5.31. The first-order chi connectivity index (χ1) is 15.9. The van der Waals surface area contributed by atoms with Crippen LogP contribution in [0.1, 0.15) is 66.2 Å². The molecule has 1 aliphatic heterocycles. The predicted molar refractivity (Wildman–Crippen MR) is 138 cm³/mol. The second-order valence-corrected chi connectivity index (χ2v) is 13.9. The highest BCUT2D eigenvalue weighted by Gasteiger charge is 2.69. The summed E-state index contributed by atoms with van der Waals surface area (Å²) in [4.78, 5) is 27.1. The Morgan fingerprint density at radius 1 is 1.06 bits per heavy atom. The van der Waals surface area contributed by atoms with Crippen LogP contribution in [0.4, 0.5) is 0 Å². The van der Waals surface area contributed by atoms with Crippen molar-refractivity contribution >= 4 is 46.0 Å². The Labute approximate surface area is 217 Å². The van der Waals surface area contributed by atoms with Crippen molar-refractivity contribution in [1.82, 2.24) is 0 Å². The van der Waals surface area contributed by atoms with Gasteiger partial charge in [0.25, 0.3) is 0 Å². The predicted octanol–water partition coefficient (Wildman–Crippen LogP) is 7.98. The van der Waals surface area contributed by atoms with Gasteiger partial charge in [0.15, 0.2) is 5.12 Å². The highest BCUT2D eigenvalue weighted by atomic mass is 35.5. The van der Waals surface area contributed by atoms with Crippen molar-refractivity contribution in [2.45, 2.75) is 71.1 Å². The van der Waals surface area contributed by atoms with Gasteiger partial charge < -0.3 is 4.74 Å². The SMILES string of the molecule is CC1(C)C=CC[C@@]2(C)C1CC[C@]1(C)C2CC[C@H](C(=O)Sc2c(Cl)cccc2Cl)[C@]12COC(=O)C2. The number of carbonyl (C=O) groups is 2. The lowest BCUT2D eigenvalue weighted by Crippen LogP contribution is -2.63. The first kappa shape index (κ1) is 24.7. The van der Waals surface area contributed by atoms with Gasteiger partial charge in [-0.15, -0.1) is 0 Å². The smallest absolute Gasteiger partial charge is 0.306 e. The van der Waals surface area contributed by atoms with E-state index >= 15 is 0 Å². The Bertz CT molecular complexity index is 1050. The van der Waals surface area contributed by atoms with Crippen LogP contribution in [-0.4, -0.2) is 17.7 Å². The summed E-state index contributed by atoms with van der Waals surface area (Å²) in [6.07, 6.45) is 10.1. The molecule has 4 aliphatic rings. The Balaban J connectivity index is 1.54. The van der Waals surface area contributed by atoms with E-state index in [-0.39, 0.29) is 33.2 Å². The zero-order valence-electron chi connectivity index (χ0n) is 20.5. The van der Waals surface area contributed by atoms with E-state index in [9.17, 15) is 9.59 Å². The molecule has 0 bridgehead atoms. The maximum atomic E-state index is 13.9. The fourth-order valence-electron chi connectivity index (χ4n) is 8.66. The molecule has 2 saturated carbocycles. The van der Waals surface area contributed by atoms with E-state index in [1.54, 1.807) is 18.2 Å². The summed E-state index contributed by atoms with van der Waals surface area (Å²) in [6.45, 7) is 9.90. The quantitative estimate of drug-likeness (QED) is 0.225. The van der Waals surface area contributed by atoms with Gasteiger partial charge in [-0.2, -0.15) is 0 Å². The lowest BCUT2D eigenvalue weighted by molar-refractivity contribution is -0.194. The third kappa shape index (κ3) is 3.45. The third-order valence-electron chi connectivity index (χ3n) is 10.2. The van der Waals surface area contributed by atoms with Gasteiger partial charge in [0.05, 0.1) is 28.0 Å². The minimum Gasteiger partial charge on any atom is -0.465 e. The second kappa shape index (κ2) is 8.28. The van der Waals surface area contributed by atoms with Crippen molar-refractivity contribution in [3.63, 3.8) is 0 Å². The fourth-order valence-corrected chi connectivity index (χ4v) is 10.3. The van der Waals surface area contributed by atoms with E-state index in [2.05, 4.69) is 39.8 Å². The number of carbonyl (C=O) groups excluding carboxylic acids is 2. The summed E-state index contributed by atoms with van der Waals surface area (Å²) in [5.41, 5.74) is -0.316. The molecule has 2 unspecified atom stereocenters. The number of benzene rings is 1. The second-order valence-electron chi connectivity index (χ2n) is 12.1. The summed E-state index contributed by atoms with van der Waals surface area (Å²) in [5, 5.41) is 1.04. The summed E-state index contributed by atoms with van der Waals surface area (Å²) in [5.74, 6) is 0.610. The minimum atomic E-state index is -0.482. The highest BCUT2D eigenvalue weighted by molar-refractivity contribution is 8.13. The van der Waals surface area contributed by atoms with Crippen LogP contribution in [-0.2, 0) is 14.3 Å². The largest absolute Gasteiger partial charge is 0.465 e. The Kier molecular flexibility index (Phi) is 6.02. The lowest BCUT2D eigenvalue weighted by atomic mass is 9.36. The van der Waals surface area contributed by atoms with Crippen molar-refractivity contribution in [1.29, 1.82) is 0 Å². The van der Waals surface area contributed by atoms with E-state index < -0.39 is 5.41 Å². The monoisotopic (exact) mass is 520 g/mol. The number of hydrogen-bond donors (Lipinski definition) is 0. The minimum absolute atomic E-state index is 0.0594. The molecule has 1 aromatic rings. The Morgan fingerprint density at radius 2 is 1.76 bits per heavy atom. The number of halogens is 2. The molecule has 1 heterocycles. The van der Waals surface area contributed by atoms with Gasteiger partial charge in [-0.3, -0.25) is 9.59 Å². The van der Waals surface area contributed by atoms with Crippen LogP contribution >= 0.6 is 35.0 Å². The number of ether oxygens (including phenoxy) is 1. The van der Waals surface area contributed by atoms with Crippen molar-refractivity contribution < 1.29 is 14.3 Å². The number of esters is 1. The van der Waals surface area contributed by atoms with Crippen LogP contribution in [0.2, 0.25) is 10.0 Å². The molecule has 0 aromatic heterocycles. The Morgan fingerprint density at radius 3 is 2.41 bits per heavy atom. The summed E-state index contributed by atoms with van der Waals surface area (Å²) < 4.78 is 5.68. The van der Waals surface area contributed by atoms with Crippen LogP contribution < -0.4 is 0 Å². The molecular formula is C28H34Cl2O3S. The van der Waals surface area contributed by atoms with Crippen LogP contribution in [0.25, 0.3) is 0 Å². The molecule has 6 heteroatoms. The van der Waals surface area contributed by atoms with Crippen LogP contribution in [0.15, 0.2) is 35.2 Å². The van der Waals surface area contributed by atoms with E-state index in [0.717, 1.165) is 43.9 Å². The molecule has 0 amide bonds. The number of cyclic esters (lactones) is 1. The average Bonchev–Trinajstić information content (AvgIpc) is 3.14. The summed E-state index contributed by atoms with van der Waals surface area (Å²) in [7, 11) is 0. The van der Waals surface area contributed by atoms with E-state index in [1.807, 2.05) is 0 Å². The molecule has 3 fully saturated rings. The van der Waals surface area contributed by atoms with Crippen molar-refractivity contribution in [3.05, 3.63) is 40.4 Å². The van der Waals surface area contributed by atoms with Gasteiger partial charge in [0, 0.05) is 11.3 Å². The molecule has 5 rings (SSSR count). The van der Waals surface area contributed by atoms with Gasteiger partial charge in [0.2, 0.25) is 0 Å². The number of fused-ring (bicyclic) bond motifs is 4. The number of allylic oxidation sites excluding steroid dienone is 2. The average molecular weight is 522 g/mol. The Hall–Kier alpha value is -0.970. The molecule has 6 atom stereocenters. The van der Waals surface area contributed by atoms with Crippen molar-refractivity contribution in [2.75, 3.05) is 6.61 Å². The molecular weight excluding hydrogens is 487 g/mol. The molecule has 1 saturated heterocycles. The molecule has 34 heavy (non-hydrogen) atoms. The van der Waals surface area contributed by atoms with Gasteiger partial charge in [0.1, 0.15) is 0 Å². The number of hydrogen-bond acceptors (Lipinski definition) is 4. The van der Waals surface area contributed by atoms with E-state index in [4.69, 9.17) is 27.9 Å². The molecule has 0 N–H and O–H groups in total. The zero-order chi connectivity index (χ0) is 24.5. The maximum Gasteiger partial charge on any atom is 0.306 e.